The number of hydrogen-bond acceptors (Lipinski definition) is 2. The third-order valence-electron chi connectivity index (χ3n) is 4.57. The number of rotatable bonds is 5. The number of fused-ring (bicyclic) bond motifs is 1. The van der Waals surface area contributed by atoms with E-state index < -0.39 is 0 Å². The van der Waals surface area contributed by atoms with Gasteiger partial charge in [0.15, 0.2) is 0 Å². The molecule has 1 aromatic heterocycles. The van der Waals surface area contributed by atoms with E-state index in [9.17, 15) is 14.0 Å². The highest BCUT2D eigenvalue weighted by atomic mass is 19.1. The number of benzene rings is 2. The number of hydrogen-bond donors (Lipinski definition) is 1. The van der Waals surface area contributed by atoms with Crippen molar-refractivity contribution >= 4 is 16.9 Å². The molecular weight excluding hydrogens is 333 g/mol. The summed E-state index contributed by atoms with van der Waals surface area (Å²) in [4.78, 5) is 25.1. The lowest BCUT2D eigenvalue weighted by Gasteiger charge is -2.23. The summed E-state index contributed by atoms with van der Waals surface area (Å²) in [5.74, 6) is -0.454. The maximum Gasteiger partial charge on any atom is 0.329 e. The molecule has 0 fully saturated rings. The number of amides is 1. The second-order valence-corrected chi connectivity index (χ2v) is 6.76. The third-order valence-corrected chi connectivity index (χ3v) is 4.57. The van der Waals surface area contributed by atoms with Crippen molar-refractivity contribution < 1.29 is 9.18 Å². The number of aromatic nitrogens is 2. The molecule has 0 spiro atoms. The monoisotopic (exact) mass is 355 g/mol. The molecule has 0 unspecified atom stereocenters. The van der Waals surface area contributed by atoms with Crippen molar-refractivity contribution in [1.82, 2.24) is 14.5 Å². The first-order valence-electron chi connectivity index (χ1n) is 8.57. The molecule has 3 aromatic rings. The predicted octanol–water partition coefficient (Wildman–Crippen LogP) is 2.99. The molecule has 1 N–H and O–H groups in total. The molecule has 3 rings (SSSR count). The van der Waals surface area contributed by atoms with Gasteiger partial charge in [0.05, 0.1) is 17.1 Å². The van der Waals surface area contributed by atoms with Crippen molar-refractivity contribution in [3.8, 4) is 0 Å². The highest BCUT2D eigenvalue weighted by Crippen LogP contribution is 2.22. The molecule has 5 nitrogen and oxygen atoms in total. The second kappa shape index (κ2) is 7.15. The Morgan fingerprint density at radius 1 is 1.08 bits per heavy atom. The Hall–Kier alpha value is -2.89. The van der Waals surface area contributed by atoms with Crippen LogP contribution in [-0.4, -0.2) is 15.0 Å². The van der Waals surface area contributed by atoms with Gasteiger partial charge in [-0.3, -0.25) is 13.9 Å². The molecule has 136 valence electrons. The summed E-state index contributed by atoms with van der Waals surface area (Å²) in [5.41, 5.74) is 2.10. The molecular formula is C20H22FN3O2. The maximum atomic E-state index is 13.2. The summed E-state index contributed by atoms with van der Waals surface area (Å²) in [5, 5.41) is 2.97. The maximum absolute atomic E-state index is 13.2. The predicted molar refractivity (Wildman–Crippen MR) is 99.3 cm³/mol. The Labute approximate surface area is 151 Å². The largest absolute Gasteiger partial charge is 0.347 e. The summed E-state index contributed by atoms with van der Waals surface area (Å²) < 4.78 is 16.2. The fourth-order valence-electron chi connectivity index (χ4n) is 3.18. The van der Waals surface area contributed by atoms with Crippen LogP contribution in [-0.2, 0) is 18.4 Å². The van der Waals surface area contributed by atoms with Gasteiger partial charge in [0.25, 0.3) is 0 Å². The number of halogens is 1. The summed E-state index contributed by atoms with van der Waals surface area (Å²) in [6.07, 6.45) is 0. The Kier molecular flexibility index (Phi) is 4.93. The molecule has 1 heterocycles. The zero-order valence-electron chi connectivity index (χ0n) is 15.1. The van der Waals surface area contributed by atoms with Gasteiger partial charge >= 0.3 is 5.69 Å². The van der Waals surface area contributed by atoms with Gasteiger partial charge in [0.2, 0.25) is 5.91 Å². The minimum absolute atomic E-state index is 0.0649. The van der Waals surface area contributed by atoms with Crippen LogP contribution < -0.4 is 11.0 Å². The van der Waals surface area contributed by atoms with Crippen molar-refractivity contribution in [3.05, 3.63) is 70.4 Å². The lowest BCUT2D eigenvalue weighted by molar-refractivity contribution is -0.122. The number of nitrogens with one attached hydrogen (secondary N) is 1. The molecule has 1 amide bonds. The molecule has 0 aliphatic heterocycles. The van der Waals surface area contributed by atoms with E-state index in [0.29, 0.717) is 0 Å². The first kappa shape index (κ1) is 17.9. The van der Waals surface area contributed by atoms with E-state index in [4.69, 9.17) is 0 Å². The molecule has 26 heavy (non-hydrogen) atoms. The molecule has 1 atom stereocenters. The average Bonchev–Trinajstić information content (AvgIpc) is 2.86. The Morgan fingerprint density at radius 3 is 2.31 bits per heavy atom. The Balaban J connectivity index is 1.85. The minimum atomic E-state index is -0.315. The molecule has 0 aliphatic rings. The van der Waals surface area contributed by atoms with Crippen molar-refractivity contribution in [2.24, 2.45) is 13.0 Å². The van der Waals surface area contributed by atoms with Gasteiger partial charge in [-0.25, -0.2) is 9.18 Å². The van der Waals surface area contributed by atoms with Crippen molar-refractivity contribution in [2.75, 3.05) is 0 Å². The first-order chi connectivity index (χ1) is 12.4. The number of aryl methyl sites for hydroxylation is 1. The minimum Gasteiger partial charge on any atom is -0.347 e. The molecule has 2 aromatic carbocycles. The molecule has 0 saturated carbocycles. The van der Waals surface area contributed by atoms with E-state index in [1.165, 1.54) is 21.3 Å². The van der Waals surface area contributed by atoms with Crippen LogP contribution in [0.25, 0.3) is 11.0 Å². The van der Waals surface area contributed by atoms with E-state index in [1.807, 2.05) is 38.1 Å². The number of carbonyl (C=O) groups is 1. The van der Waals surface area contributed by atoms with Crippen LogP contribution >= 0.6 is 0 Å². The Bertz CT molecular complexity index is 986. The first-order valence-corrected chi connectivity index (χ1v) is 8.57. The highest BCUT2D eigenvalue weighted by Gasteiger charge is 2.20. The molecule has 0 aliphatic carbocycles. The zero-order valence-corrected chi connectivity index (χ0v) is 15.1. The highest BCUT2D eigenvalue weighted by molar-refractivity contribution is 5.81. The van der Waals surface area contributed by atoms with Crippen molar-refractivity contribution in [2.45, 2.75) is 26.4 Å². The van der Waals surface area contributed by atoms with Crippen LogP contribution in [0.3, 0.4) is 0 Å². The van der Waals surface area contributed by atoms with E-state index >= 15 is 0 Å². The van der Waals surface area contributed by atoms with Gasteiger partial charge in [-0.2, -0.15) is 0 Å². The number of imidazole rings is 1. The van der Waals surface area contributed by atoms with Crippen LogP contribution in [0.5, 0.6) is 0 Å². The zero-order chi connectivity index (χ0) is 18.8. The third kappa shape index (κ3) is 3.40. The van der Waals surface area contributed by atoms with E-state index in [1.54, 1.807) is 19.2 Å². The van der Waals surface area contributed by atoms with Crippen molar-refractivity contribution in [1.29, 1.82) is 0 Å². The number of nitrogens with zero attached hydrogens (tertiary/aromatic N) is 2. The van der Waals surface area contributed by atoms with E-state index in [-0.39, 0.29) is 35.9 Å². The van der Waals surface area contributed by atoms with Crippen molar-refractivity contribution in [3.63, 3.8) is 0 Å². The van der Waals surface area contributed by atoms with Gasteiger partial charge in [0, 0.05) is 7.05 Å². The van der Waals surface area contributed by atoms with E-state index in [0.717, 1.165) is 16.6 Å². The Morgan fingerprint density at radius 2 is 1.69 bits per heavy atom. The summed E-state index contributed by atoms with van der Waals surface area (Å²) in [6.45, 7) is 3.90. The topological polar surface area (TPSA) is 56.0 Å². The lowest BCUT2D eigenvalue weighted by atomic mass is 9.96. The SMILES string of the molecule is CC(C)[C@H](NC(=O)Cn1c(=O)n(C)c2ccccc21)c1ccc(F)cc1. The van der Waals surface area contributed by atoms with Crippen LogP contribution in [0.4, 0.5) is 4.39 Å². The number of para-hydroxylation sites is 2. The van der Waals surface area contributed by atoms with Crippen LogP contribution in [0.1, 0.15) is 25.5 Å². The van der Waals surface area contributed by atoms with Gasteiger partial charge in [-0.05, 0) is 35.7 Å². The van der Waals surface area contributed by atoms with Gasteiger partial charge < -0.3 is 5.32 Å². The molecule has 0 bridgehead atoms. The second-order valence-electron chi connectivity index (χ2n) is 6.76. The van der Waals surface area contributed by atoms with Crippen LogP contribution in [0, 0.1) is 11.7 Å². The summed E-state index contributed by atoms with van der Waals surface area (Å²) in [6, 6.07) is 13.2. The van der Waals surface area contributed by atoms with Gasteiger partial charge in [-0.1, -0.05) is 38.1 Å². The van der Waals surface area contributed by atoms with Crippen LogP contribution in [0.2, 0.25) is 0 Å². The van der Waals surface area contributed by atoms with E-state index in [2.05, 4.69) is 5.32 Å². The summed E-state index contributed by atoms with van der Waals surface area (Å²) in [7, 11) is 1.69. The fourth-order valence-corrected chi connectivity index (χ4v) is 3.18. The van der Waals surface area contributed by atoms with Gasteiger partial charge in [0.1, 0.15) is 12.4 Å². The number of carbonyl (C=O) groups excluding carboxylic acids is 1. The normalized spacial score (nSPS) is 12.5. The quantitative estimate of drug-likeness (QED) is 0.765. The summed E-state index contributed by atoms with van der Waals surface area (Å²) >= 11 is 0. The molecule has 0 radical (unpaired) electrons. The fraction of sp³-hybridized carbons (Fsp3) is 0.300. The molecule has 0 saturated heterocycles. The lowest BCUT2D eigenvalue weighted by Crippen LogP contribution is -2.36. The smallest absolute Gasteiger partial charge is 0.329 e. The molecule has 6 heteroatoms. The standard InChI is InChI=1S/C20H22FN3O2/c1-13(2)19(14-8-10-15(21)11-9-14)22-18(25)12-24-17-7-5-4-6-16(17)23(3)20(24)26/h4-11,13,19H,12H2,1-3H3,(H,22,25)/t19-/m0/s1. The van der Waals surface area contributed by atoms with Gasteiger partial charge in [-0.15, -0.1) is 0 Å². The van der Waals surface area contributed by atoms with Crippen LogP contribution in [0.15, 0.2) is 53.3 Å². The average molecular weight is 355 g/mol.